The summed E-state index contributed by atoms with van der Waals surface area (Å²) >= 11 is 4.81. The van der Waals surface area contributed by atoms with Crippen LogP contribution in [-0.4, -0.2) is 32.3 Å². The molecule has 33 heavy (non-hydrogen) atoms. The lowest BCUT2D eigenvalue weighted by Gasteiger charge is -2.21. The highest BCUT2D eigenvalue weighted by Crippen LogP contribution is 2.27. The lowest BCUT2D eigenvalue weighted by Crippen LogP contribution is -2.33. The van der Waals surface area contributed by atoms with Gasteiger partial charge in [0.05, 0.1) is 11.8 Å². The van der Waals surface area contributed by atoms with Crippen LogP contribution in [0.5, 0.6) is 0 Å². The second kappa shape index (κ2) is 11.0. The topological polar surface area (TPSA) is 88.9 Å². The summed E-state index contributed by atoms with van der Waals surface area (Å²) in [6.07, 6.45) is 0. The summed E-state index contributed by atoms with van der Waals surface area (Å²) in [4.78, 5) is 25.2. The number of anilines is 1. The second-order valence-corrected chi connectivity index (χ2v) is 9.94. The van der Waals surface area contributed by atoms with Crippen LogP contribution < -0.4 is 10.6 Å². The normalized spacial score (nSPS) is 12.0. The van der Waals surface area contributed by atoms with E-state index in [0.29, 0.717) is 16.5 Å². The van der Waals surface area contributed by atoms with Crippen LogP contribution in [0.4, 0.5) is 5.69 Å². The van der Waals surface area contributed by atoms with Gasteiger partial charge in [-0.15, -0.1) is 10.2 Å². The number of carbonyl (C=O) groups is 2. The Morgan fingerprint density at radius 3 is 2.42 bits per heavy atom. The van der Waals surface area contributed by atoms with Gasteiger partial charge in [-0.3, -0.25) is 9.59 Å². The fourth-order valence-corrected chi connectivity index (χ4v) is 4.45. The van der Waals surface area contributed by atoms with E-state index in [0.717, 1.165) is 21.3 Å². The molecule has 3 aromatic rings. The molecule has 0 aliphatic heterocycles. The van der Waals surface area contributed by atoms with Crippen molar-refractivity contribution in [1.82, 2.24) is 20.1 Å². The van der Waals surface area contributed by atoms with E-state index in [1.807, 2.05) is 69.6 Å². The Morgan fingerprint density at radius 1 is 1.06 bits per heavy atom. The molecule has 3 rings (SSSR count). The van der Waals surface area contributed by atoms with Crippen molar-refractivity contribution >= 4 is 45.2 Å². The standard InChI is InChI=1S/C24H28BrN5O2S/c1-14(2)21(27-23(32)17-9-7-6-8-10-17)22-28-29-24(30(22)5)33-13-20(31)26-19-12-11-18(25)15(3)16(19)4/h6-12,14,21H,13H2,1-5H3,(H,26,31)(H,27,32)/t21-/m0/s1. The van der Waals surface area contributed by atoms with Crippen LogP contribution >= 0.6 is 27.7 Å². The quantitative estimate of drug-likeness (QED) is 0.398. The van der Waals surface area contributed by atoms with Gasteiger partial charge in [0.2, 0.25) is 5.91 Å². The number of aromatic nitrogens is 3. The van der Waals surface area contributed by atoms with E-state index in [4.69, 9.17) is 0 Å². The minimum atomic E-state index is -0.313. The summed E-state index contributed by atoms with van der Waals surface area (Å²) in [5.41, 5.74) is 3.51. The van der Waals surface area contributed by atoms with E-state index in [2.05, 4.69) is 36.8 Å². The predicted molar refractivity (Wildman–Crippen MR) is 135 cm³/mol. The molecule has 0 radical (unpaired) electrons. The zero-order chi connectivity index (χ0) is 24.1. The summed E-state index contributed by atoms with van der Waals surface area (Å²) in [5.74, 6) is 0.670. The van der Waals surface area contributed by atoms with Gasteiger partial charge >= 0.3 is 0 Å². The molecule has 0 saturated heterocycles. The number of nitrogens with one attached hydrogen (secondary N) is 2. The molecule has 1 heterocycles. The molecule has 1 aromatic heterocycles. The number of hydrogen-bond acceptors (Lipinski definition) is 5. The Bertz CT molecular complexity index is 1150. The molecule has 9 heteroatoms. The molecule has 2 amide bonds. The van der Waals surface area contributed by atoms with Crippen LogP contribution in [0.3, 0.4) is 0 Å². The number of amides is 2. The van der Waals surface area contributed by atoms with Crippen molar-refractivity contribution in [2.24, 2.45) is 13.0 Å². The second-order valence-electron chi connectivity index (χ2n) is 8.14. The first-order valence-corrected chi connectivity index (χ1v) is 12.4. The number of benzene rings is 2. The van der Waals surface area contributed by atoms with Crippen molar-refractivity contribution in [3.05, 3.63) is 69.5 Å². The molecule has 0 saturated carbocycles. The number of halogens is 1. The average molecular weight is 530 g/mol. The highest BCUT2D eigenvalue weighted by molar-refractivity contribution is 9.10. The highest BCUT2D eigenvalue weighted by atomic mass is 79.9. The van der Waals surface area contributed by atoms with Crippen LogP contribution in [0, 0.1) is 19.8 Å². The van der Waals surface area contributed by atoms with E-state index in [1.54, 1.807) is 12.1 Å². The number of rotatable bonds is 8. The largest absolute Gasteiger partial charge is 0.342 e. The fourth-order valence-electron chi connectivity index (χ4n) is 3.31. The molecule has 0 aliphatic rings. The molecule has 0 fully saturated rings. The van der Waals surface area contributed by atoms with Crippen LogP contribution in [0.1, 0.15) is 47.2 Å². The summed E-state index contributed by atoms with van der Waals surface area (Å²) in [7, 11) is 1.85. The number of thioether (sulfide) groups is 1. The maximum absolute atomic E-state index is 12.7. The number of nitrogens with zero attached hydrogens (tertiary/aromatic N) is 3. The van der Waals surface area contributed by atoms with Gasteiger partial charge in [-0.1, -0.05) is 59.7 Å². The van der Waals surface area contributed by atoms with Crippen molar-refractivity contribution in [3.8, 4) is 0 Å². The molecule has 0 unspecified atom stereocenters. The molecule has 2 aromatic carbocycles. The molecule has 1 atom stereocenters. The van der Waals surface area contributed by atoms with Gasteiger partial charge in [0.25, 0.3) is 5.91 Å². The number of carbonyl (C=O) groups excluding carboxylic acids is 2. The maximum atomic E-state index is 12.7. The third-order valence-electron chi connectivity index (χ3n) is 5.46. The van der Waals surface area contributed by atoms with Crippen LogP contribution in [0.2, 0.25) is 0 Å². The first-order chi connectivity index (χ1) is 15.7. The van der Waals surface area contributed by atoms with E-state index in [9.17, 15) is 9.59 Å². The van der Waals surface area contributed by atoms with E-state index in [1.165, 1.54) is 11.8 Å². The Morgan fingerprint density at radius 2 is 1.76 bits per heavy atom. The summed E-state index contributed by atoms with van der Waals surface area (Å²) in [6, 6.07) is 12.6. The van der Waals surface area contributed by atoms with Gasteiger partial charge in [0.1, 0.15) is 0 Å². The molecule has 174 valence electrons. The lowest BCUT2D eigenvalue weighted by atomic mass is 10.0. The molecule has 0 spiro atoms. The zero-order valence-electron chi connectivity index (χ0n) is 19.3. The van der Waals surface area contributed by atoms with E-state index < -0.39 is 0 Å². The summed E-state index contributed by atoms with van der Waals surface area (Å²) < 4.78 is 2.85. The van der Waals surface area contributed by atoms with Gasteiger partial charge in [-0.2, -0.15) is 0 Å². The Balaban J connectivity index is 1.67. The Kier molecular flexibility index (Phi) is 8.31. The molecule has 2 N–H and O–H groups in total. The minimum Gasteiger partial charge on any atom is -0.342 e. The SMILES string of the molecule is Cc1c(Br)ccc(NC(=O)CSc2nnc([C@@H](NC(=O)c3ccccc3)C(C)C)n2C)c1C. The maximum Gasteiger partial charge on any atom is 0.251 e. The zero-order valence-corrected chi connectivity index (χ0v) is 21.8. The van der Waals surface area contributed by atoms with E-state index >= 15 is 0 Å². The van der Waals surface area contributed by atoms with Gasteiger partial charge in [0.15, 0.2) is 11.0 Å². The van der Waals surface area contributed by atoms with Crippen LogP contribution in [0.25, 0.3) is 0 Å². The third kappa shape index (κ3) is 6.03. The van der Waals surface area contributed by atoms with Gasteiger partial charge in [0, 0.05) is 22.8 Å². The van der Waals surface area contributed by atoms with E-state index in [-0.39, 0.29) is 29.5 Å². The number of hydrogen-bond donors (Lipinski definition) is 2. The Labute approximate surface area is 206 Å². The monoisotopic (exact) mass is 529 g/mol. The Hall–Kier alpha value is -2.65. The molecular formula is C24H28BrN5O2S. The molecule has 7 nitrogen and oxygen atoms in total. The smallest absolute Gasteiger partial charge is 0.251 e. The van der Waals surface area contributed by atoms with Gasteiger partial charge < -0.3 is 15.2 Å². The average Bonchev–Trinajstić information content (AvgIpc) is 3.16. The molecule has 0 bridgehead atoms. The van der Waals surface area contributed by atoms with Gasteiger partial charge in [-0.05, 0) is 55.2 Å². The van der Waals surface area contributed by atoms with Crippen molar-refractivity contribution in [2.45, 2.75) is 38.9 Å². The first kappa shape index (κ1) is 25.0. The van der Waals surface area contributed by atoms with Crippen molar-refractivity contribution in [1.29, 1.82) is 0 Å². The minimum absolute atomic E-state index is 0.102. The van der Waals surface area contributed by atoms with Gasteiger partial charge in [-0.25, -0.2) is 0 Å². The van der Waals surface area contributed by atoms with Crippen molar-refractivity contribution in [3.63, 3.8) is 0 Å². The summed E-state index contributed by atoms with van der Waals surface area (Å²) in [6.45, 7) is 8.03. The third-order valence-corrected chi connectivity index (χ3v) is 7.34. The molecule has 0 aliphatic carbocycles. The lowest BCUT2D eigenvalue weighted by molar-refractivity contribution is -0.113. The van der Waals surface area contributed by atoms with Crippen molar-refractivity contribution < 1.29 is 9.59 Å². The molecular weight excluding hydrogens is 502 g/mol. The van der Waals surface area contributed by atoms with Crippen molar-refractivity contribution in [2.75, 3.05) is 11.1 Å². The van der Waals surface area contributed by atoms with Crippen LogP contribution in [0.15, 0.2) is 52.1 Å². The first-order valence-electron chi connectivity index (χ1n) is 10.6. The summed E-state index contributed by atoms with van der Waals surface area (Å²) in [5, 5.41) is 15.2. The predicted octanol–water partition coefficient (Wildman–Crippen LogP) is 5.05. The van der Waals surface area contributed by atoms with Crippen LogP contribution in [-0.2, 0) is 11.8 Å². The highest BCUT2D eigenvalue weighted by Gasteiger charge is 2.25. The fraction of sp³-hybridized carbons (Fsp3) is 0.333.